The number of thiocarbonyl (C=S) groups is 1. The maximum atomic E-state index is 5.35. The number of thiol groups is 1. The number of fused-ring (bicyclic) bond motifs is 1. The molecule has 1 aromatic carbocycles. The smallest absolute Gasteiger partial charge is 0.132 e. The summed E-state index contributed by atoms with van der Waals surface area (Å²) in [5.74, 6) is 0. The van der Waals surface area contributed by atoms with Crippen molar-refractivity contribution in [1.29, 1.82) is 0 Å². The highest BCUT2D eigenvalue weighted by molar-refractivity contribution is 7.85. The second-order valence-electron chi connectivity index (χ2n) is 3.92. The highest BCUT2D eigenvalue weighted by atomic mass is 32.1. The van der Waals surface area contributed by atoms with Crippen molar-refractivity contribution < 1.29 is 0 Å². The average molecular weight is 277 g/mol. The third kappa shape index (κ3) is 2.91. The number of nitrogens with one attached hydrogen (secondary N) is 2. The van der Waals surface area contributed by atoms with Crippen LogP contribution in [0.15, 0.2) is 40.0 Å². The SMILES string of the molecule is CCC/C=N/C1=C(S)Nc2ccccc2NC1=S. The van der Waals surface area contributed by atoms with Gasteiger partial charge in [0, 0.05) is 6.21 Å². The van der Waals surface area contributed by atoms with Crippen LogP contribution in [0, 0.1) is 0 Å². The Morgan fingerprint density at radius 3 is 2.61 bits per heavy atom. The van der Waals surface area contributed by atoms with E-state index >= 15 is 0 Å². The molecule has 1 aromatic rings. The molecular weight excluding hydrogens is 262 g/mol. The third-order valence-corrected chi connectivity index (χ3v) is 3.12. The third-order valence-electron chi connectivity index (χ3n) is 2.51. The van der Waals surface area contributed by atoms with Crippen LogP contribution in [0.4, 0.5) is 11.4 Å². The van der Waals surface area contributed by atoms with Gasteiger partial charge in [0.2, 0.25) is 0 Å². The Morgan fingerprint density at radius 2 is 1.94 bits per heavy atom. The van der Waals surface area contributed by atoms with E-state index in [1.54, 1.807) is 0 Å². The molecular formula is C13H15N3S2. The second kappa shape index (κ2) is 6.02. The fourth-order valence-electron chi connectivity index (χ4n) is 1.58. The molecule has 0 atom stereocenters. The van der Waals surface area contributed by atoms with Crippen molar-refractivity contribution in [3.63, 3.8) is 0 Å². The van der Waals surface area contributed by atoms with Crippen molar-refractivity contribution in [1.82, 2.24) is 0 Å². The number of rotatable bonds is 3. The minimum Gasteiger partial charge on any atom is -0.347 e. The molecule has 0 saturated heterocycles. The Bertz CT molecular complexity index is 521. The summed E-state index contributed by atoms with van der Waals surface area (Å²) in [4.78, 5) is 4.98. The van der Waals surface area contributed by atoms with Gasteiger partial charge in [0.25, 0.3) is 0 Å². The molecule has 0 aromatic heterocycles. The Hall–Kier alpha value is -1.33. The summed E-state index contributed by atoms with van der Waals surface area (Å²) >= 11 is 9.78. The van der Waals surface area contributed by atoms with E-state index in [1.165, 1.54) is 0 Å². The lowest BCUT2D eigenvalue weighted by atomic mass is 10.2. The van der Waals surface area contributed by atoms with Crippen LogP contribution in [-0.2, 0) is 0 Å². The number of para-hydroxylation sites is 2. The van der Waals surface area contributed by atoms with E-state index < -0.39 is 0 Å². The number of hydrogen-bond acceptors (Lipinski definition) is 4. The van der Waals surface area contributed by atoms with E-state index in [4.69, 9.17) is 12.2 Å². The van der Waals surface area contributed by atoms with Crippen LogP contribution in [0.3, 0.4) is 0 Å². The summed E-state index contributed by atoms with van der Waals surface area (Å²) in [5.41, 5.74) is 2.57. The summed E-state index contributed by atoms with van der Waals surface area (Å²) in [6.45, 7) is 2.11. The molecule has 1 aliphatic rings. The molecule has 0 amide bonds. The number of anilines is 2. The second-order valence-corrected chi connectivity index (χ2v) is 4.78. The molecule has 0 unspecified atom stereocenters. The van der Waals surface area contributed by atoms with Crippen molar-refractivity contribution in [2.75, 3.05) is 10.6 Å². The number of unbranched alkanes of at least 4 members (excludes halogenated alkanes) is 1. The molecule has 0 spiro atoms. The molecule has 0 fully saturated rings. The zero-order valence-corrected chi connectivity index (χ0v) is 11.8. The van der Waals surface area contributed by atoms with Crippen LogP contribution in [0.5, 0.6) is 0 Å². The lowest BCUT2D eigenvalue weighted by Gasteiger charge is -2.07. The molecule has 3 nitrogen and oxygen atoms in total. The maximum absolute atomic E-state index is 5.35. The Morgan fingerprint density at radius 1 is 1.28 bits per heavy atom. The summed E-state index contributed by atoms with van der Waals surface area (Å²) < 4.78 is 0. The Labute approximate surface area is 118 Å². The first-order valence-electron chi connectivity index (χ1n) is 5.85. The summed E-state index contributed by atoms with van der Waals surface area (Å²) in [7, 11) is 0. The predicted octanol–water partition coefficient (Wildman–Crippen LogP) is 3.82. The van der Waals surface area contributed by atoms with E-state index in [-0.39, 0.29) is 0 Å². The van der Waals surface area contributed by atoms with Gasteiger partial charge < -0.3 is 10.6 Å². The lowest BCUT2D eigenvalue weighted by Crippen LogP contribution is -2.10. The summed E-state index contributed by atoms with van der Waals surface area (Å²) in [6.07, 6.45) is 3.86. The van der Waals surface area contributed by atoms with Crippen molar-refractivity contribution in [3.05, 3.63) is 35.0 Å². The molecule has 0 bridgehead atoms. The van der Waals surface area contributed by atoms with Gasteiger partial charge in [-0.2, -0.15) is 0 Å². The fourth-order valence-corrected chi connectivity index (χ4v) is 2.21. The monoisotopic (exact) mass is 277 g/mol. The molecule has 18 heavy (non-hydrogen) atoms. The highest BCUT2D eigenvalue weighted by Crippen LogP contribution is 2.29. The zero-order chi connectivity index (χ0) is 13.0. The van der Waals surface area contributed by atoms with Gasteiger partial charge in [-0.3, -0.25) is 4.99 Å². The van der Waals surface area contributed by atoms with Gasteiger partial charge in [0.1, 0.15) is 10.7 Å². The minimum atomic E-state index is 0.588. The Balaban J connectivity index is 2.30. The van der Waals surface area contributed by atoms with E-state index in [0.717, 1.165) is 24.2 Å². The van der Waals surface area contributed by atoms with Crippen LogP contribution in [-0.4, -0.2) is 11.2 Å². The Kier molecular flexibility index (Phi) is 4.38. The number of hydrogen-bond donors (Lipinski definition) is 3. The fraction of sp³-hybridized carbons (Fsp3) is 0.231. The van der Waals surface area contributed by atoms with E-state index in [1.807, 2.05) is 30.5 Å². The molecule has 0 radical (unpaired) electrons. The topological polar surface area (TPSA) is 36.4 Å². The molecule has 0 saturated carbocycles. The van der Waals surface area contributed by atoms with E-state index in [2.05, 4.69) is 35.2 Å². The lowest BCUT2D eigenvalue weighted by molar-refractivity contribution is 1.01. The predicted molar refractivity (Wildman–Crippen MR) is 85.7 cm³/mol. The van der Waals surface area contributed by atoms with Crippen molar-refractivity contribution in [2.45, 2.75) is 19.8 Å². The van der Waals surface area contributed by atoms with Crippen LogP contribution in [0.2, 0.25) is 0 Å². The quantitative estimate of drug-likeness (QED) is 0.446. The molecule has 1 heterocycles. The van der Waals surface area contributed by atoms with Crippen molar-refractivity contribution >= 4 is 47.4 Å². The van der Waals surface area contributed by atoms with Gasteiger partial charge in [-0.1, -0.05) is 37.7 Å². The van der Waals surface area contributed by atoms with Crippen LogP contribution in [0.1, 0.15) is 19.8 Å². The minimum absolute atomic E-state index is 0.588. The zero-order valence-electron chi connectivity index (χ0n) is 10.1. The maximum Gasteiger partial charge on any atom is 0.132 e. The van der Waals surface area contributed by atoms with Crippen LogP contribution < -0.4 is 10.6 Å². The van der Waals surface area contributed by atoms with Crippen LogP contribution in [0.25, 0.3) is 0 Å². The standard InChI is InChI=1S/C13H15N3S2/c1-2-3-8-14-11-12(17)15-9-6-4-5-7-10(9)16-13(11)18/h4-8,15,17H,2-3H2,1H3,(H,16,18)/b14-8+. The number of benzene rings is 1. The van der Waals surface area contributed by atoms with Gasteiger partial charge in [-0.25, -0.2) is 0 Å². The number of nitrogens with zero attached hydrogens (tertiary/aromatic N) is 1. The summed E-state index contributed by atoms with van der Waals surface area (Å²) in [6, 6.07) is 7.86. The first-order chi connectivity index (χ1) is 8.72. The first kappa shape index (κ1) is 13.1. The van der Waals surface area contributed by atoms with Crippen molar-refractivity contribution in [2.24, 2.45) is 4.99 Å². The molecule has 5 heteroatoms. The normalized spacial score (nSPS) is 15.1. The summed E-state index contributed by atoms with van der Waals surface area (Å²) in [5, 5.41) is 7.06. The van der Waals surface area contributed by atoms with E-state index in [0.29, 0.717) is 15.7 Å². The first-order valence-corrected chi connectivity index (χ1v) is 6.71. The highest BCUT2D eigenvalue weighted by Gasteiger charge is 2.15. The van der Waals surface area contributed by atoms with Gasteiger partial charge in [-0.05, 0) is 18.6 Å². The van der Waals surface area contributed by atoms with Crippen LogP contribution >= 0.6 is 24.8 Å². The molecule has 94 valence electrons. The molecule has 1 aliphatic heterocycles. The number of aliphatic imine (C=N–C) groups is 1. The average Bonchev–Trinajstić information content (AvgIpc) is 2.47. The van der Waals surface area contributed by atoms with Gasteiger partial charge in [0.15, 0.2) is 0 Å². The largest absolute Gasteiger partial charge is 0.347 e. The van der Waals surface area contributed by atoms with Gasteiger partial charge in [0.05, 0.1) is 16.4 Å². The van der Waals surface area contributed by atoms with Gasteiger partial charge in [-0.15, -0.1) is 12.6 Å². The van der Waals surface area contributed by atoms with Crippen molar-refractivity contribution in [3.8, 4) is 0 Å². The van der Waals surface area contributed by atoms with Gasteiger partial charge >= 0.3 is 0 Å². The molecule has 2 rings (SSSR count). The molecule has 2 N–H and O–H groups in total. The van der Waals surface area contributed by atoms with E-state index in [9.17, 15) is 0 Å². The molecule has 0 aliphatic carbocycles.